The van der Waals surface area contributed by atoms with Crippen LogP contribution in [0.25, 0.3) is 0 Å². The van der Waals surface area contributed by atoms with Crippen LogP contribution in [-0.4, -0.2) is 20.4 Å². The number of hydrogen-bond acceptors (Lipinski definition) is 4. The minimum Gasteiger partial charge on any atom is -0.379 e. The van der Waals surface area contributed by atoms with Crippen LogP contribution in [0.2, 0.25) is 0 Å². The Morgan fingerprint density at radius 3 is 2.60 bits per heavy atom. The summed E-state index contributed by atoms with van der Waals surface area (Å²) in [6.45, 7) is 7.19. The molecule has 132 valence electrons. The molecule has 2 aromatic rings. The quantitative estimate of drug-likeness (QED) is 0.788. The fourth-order valence-electron chi connectivity index (χ4n) is 3.22. The summed E-state index contributed by atoms with van der Waals surface area (Å²) < 4.78 is 30.7. The van der Waals surface area contributed by atoms with Gasteiger partial charge in [0.15, 0.2) is 0 Å². The van der Waals surface area contributed by atoms with Crippen molar-refractivity contribution in [2.75, 3.05) is 4.90 Å². The van der Waals surface area contributed by atoms with Gasteiger partial charge in [0.05, 0.1) is 0 Å². The highest BCUT2D eigenvalue weighted by molar-refractivity contribution is 7.87. The number of aryl methyl sites for hydroxylation is 1. The Hall–Kier alpha value is -2.34. The Balaban J connectivity index is 1.96. The highest BCUT2D eigenvalue weighted by Gasteiger charge is 2.30. The van der Waals surface area contributed by atoms with Gasteiger partial charge in [-0.1, -0.05) is 12.1 Å². The fourth-order valence-corrected chi connectivity index (χ4v) is 4.26. The van der Waals surface area contributed by atoms with Crippen LogP contribution < -0.4 is 9.08 Å². The smallest absolute Gasteiger partial charge is 0.339 e. The standard InChI is InChI=1S/C19H21NO4S/c1-12-6-5-7-19(14(12)3)24-25(22,23)17-8-9-18-16(11-17)10-13(2)20(18)15(4)21/h5-9,11,13H,10H2,1-4H3. The first-order valence-corrected chi connectivity index (χ1v) is 9.55. The number of nitrogens with zero attached hydrogens (tertiary/aromatic N) is 1. The van der Waals surface area contributed by atoms with E-state index in [0.29, 0.717) is 12.2 Å². The predicted molar refractivity (Wildman–Crippen MR) is 96.5 cm³/mol. The molecule has 1 heterocycles. The molecular formula is C19H21NO4S. The van der Waals surface area contributed by atoms with Crippen LogP contribution in [0.15, 0.2) is 41.3 Å². The summed E-state index contributed by atoms with van der Waals surface area (Å²) in [5, 5.41) is 0. The van der Waals surface area contributed by atoms with Gasteiger partial charge in [-0.3, -0.25) is 4.79 Å². The number of benzene rings is 2. The molecule has 0 spiro atoms. The van der Waals surface area contributed by atoms with Gasteiger partial charge in [-0.05, 0) is 68.1 Å². The second kappa shape index (κ2) is 6.19. The van der Waals surface area contributed by atoms with Gasteiger partial charge >= 0.3 is 10.1 Å². The van der Waals surface area contributed by atoms with Crippen molar-refractivity contribution in [2.45, 2.75) is 45.1 Å². The van der Waals surface area contributed by atoms with Gasteiger partial charge in [-0.15, -0.1) is 0 Å². The van der Waals surface area contributed by atoms with Crippen molar-refractivity contribution in [3.05, 3.63) is 53.1 Å². The molecule has 0 aliphatic carbocycles. The molecule has 3 rings (SSSR count). The van der Waals surface area contributed by atoms with Crippen molar-refractivity contribution in [1.29, 1.82) is 0 Å². The summed E-state index contributed by atoms with van der Waals surface area (Å²) in [5.41, 5.74) is 3.37. The third-order valence-electron chi connectivity index (χ3n) is 4.65. The average molecular weight is 359 g/mol. The van der Waals surface area contributed by atoms with Crippen molar-refractivity contribution in [3.63, 3.8) is 0 Å². The highest BCUT2D eigenvalue weighted by Crippen LogP contribution is 2.34. The number of rotatable bonds is 3. The Kier molecular flexibility index (Phi) is 4.33. The van der Waals surface area contributed by atoms with E-state index in [0.717, 1.165) is 22.4 Å². The molecule has 1 atom stereocenters. The maximum Gasteiger partial charge on any atom is 0.339 e. The Morgan fingerprint density at radius 1 is 1.20 bits per heavy atom. The summed E-state index contributed by atoms with van der Waals surface area (Å²) in [6, 6.07) is 10.1. The first kappa shape index (κ1) is 17.5. The van der Waals surface area contributed by atoms with Gasteiger partial charge in [-0.2, -0.15) is 8.42 Å². The average Bonchev–Trinajstić information content (AvgIpc) is 2.86. The van der Waals surface area contributed by atoms with Gasteiger partial charge in [0.2, 0.25) is 5.91 Å². The number of amides is 1. The van der Waals surface area contributed by atoms with E-state index < -0.39 is 10.1 Å². The zero-order chi connectivity index (χ0) is 18.4. The molecular weight excluding hydrogens is 338 g/mol. The third-order valence-corrected chi connectivity index (χ3v) is 5.88. The normalized spacial score (nSPS) is 16.6. The van der Waals surface area contributed by atoms with Crippen molar-refractivity contribution in [2.24, 2.45) is 0 Å². The highest BCUT2D eigenvalue weighted by atomic mass is 32.2. The molecule has 0 bridgehead atoms. The molecule has 1 amide bonds. The Labute approximate surface area is 148 Å². The predicted octanol–water partition coefficient (Wildman–Crippen LogP) is 3.37. The van der Waals surface area contributed by atoms with E-state index in [9.17, 15) is 13.2 Å². The summed E-state index contributed by atoms with van der Waals surface area (Å²) in [5.74, 6) is 0.285. The molecule has 6 heteroatoms. The summed E-state index contributed by atoms with van der Waals surface area (Å²) in [7, 11) is -3.93. The number of hydrogen-bond donors (Lipinski definition) is 0. The SMILES string of the molecule is CC(=O)N1c2ccc(S(=O)(=O)Oc3cccc(C)c3C)cc2CC1C. The minimum absolute atomic E-state index is 0.0189. The van der Waals surface area contributed by atoms with Gasteiger partial charge < -0.3 is 9.08 Å². The molecule has 0 radical (unpaired) electrons. The third kappa shape index (κ3) is 3.14. The largest absolute Gasteiger partial charge is 0.379 e. The van der Waals surface area contributed by atoms with Crippen LogP contribution in [0.5, 0.6) is 5.75 Å². The van der Waals surface area contributed by atoms with Gasteiger partial charge in [-0.25, -0.2) is 0 Å². The maximum absolute atomic E-state index is 12.7. The van der Waals surface area contributed by atoms with E-state index in [4.69, 9.17) is 4.18 Å². The zero-order valence-corrected chi connectivity index (χ0v) is 15.6. The molecule has 1 unspecified atom stereocenters. The van der Waals surface area contributed by atoms with Crippen LogP contribution in [-0.2, 0) is 21.3 Å². The Bertz CT molecular complexity index is 950. The fraction of sp³-hybridized carbons (Fsp3) is 0.316. The summed E-state index contributed by atoms with van der Waals surface area (Å²) in [4.78, 5) is 13.6. The molecule has 5 nitrogen and oxygen atoms in total. The van der Waals surface area contributed by atoms with Gasteiger partial charge in [0.25, 0.3) is 0 Å². The number of carbonyl (C=O) groups excluding carboxylic acids is 1. The lowest BCUT2D eigenvalue weighted by atomic mass is 10.1. The molecule has 1 aliphatic heterocycles. The van der Waals surface area contributed by atoms with Crippen LogP contribution in [0.1, 0.15) is 30.5 Å². The first-order valence-electron chi connectivity index (χ1n) is 8.14. The van der Waals surface area contributed by atoms with E-state index in [-0.39, 0.29) is 16.8 Å². The van der Waals surface area contributed by atoms with Crippen molar-refractivity contribution in [1.82, 2.24) is 0 Å². The number of carbonyl (C=O) groups is 1. The second-order valence-corrected chi connectivity index (χ2v) is 8.01. The van der Waals surface area contributed by atoms with E-state index >= 15 is 0 Å². The van der Waals surface area contributed by atoms with Crippen LogP contribution >= 0.6 is 0 Å². The van der Waals surface area contributed by atoms with E-state index in [1.165, 1.54) is 13.0 Å². The molecule has 0 saturated heterocycles. The summed E-state index contributed by atoms with van der Waals surface area (Å²) >= 11 is 0. The lowest BCUT2D eigenvalue weighted by Crippen LogP contribution is -2.33. The monoisotopic (exact) mass is 359 g/mol. The Morgan fingerprint density at radius 2 is 1.92 bits per heavy atom. The molecule has 0 aromatic heterocycles. The van der Waals surface area contributed by atoms with E-state index in [2.05, 4.69) is 0 Å². The van der Waals surface area contributed by atoms with Crippen molar-refractivity contribution >= 4 is 21.7 Å². The lowest BCUT2D eigenvalue weighted by molar-refractivity contribution is -0.116. The molecule has 2 aromatic carbocycles. The lowest BCUT2D eigenvalue weighted by Gasteiger charge is -2.20. The molecule has 1 aliphatic rings. The maximum atomic E-state index is 12.7. The molecule has 0 N–H and O–H groups in total. The van der Waals surface area contributed by atoms with Crippen molar-refractivity contribution < 1.29 is 17.4 Å². The van der Waals surface area contributed by atoms with Crippen LogP contribution in [0.3, 0.4) is 0 Å². The second-order valence-electron chi connectivity index (χ2n) is 6.47. The molecule has 0 saturated carbocycles. The number of anilines is 1. The van der Waals surface area contributed by atoms with Crippen molar-refractivity contribution in [3.8, 4) is 5.75 Å². The van der Waals surface area contributed by atoms with E-state index in [1.54, 1.807) is 29.2 Å². The first-order chi connectivity index (χ1) is 11.7. The zero-order valence-electron chi connectivity index (χ0n) is 14.7. The molecule has 0 fully saturated rings. The van der Waals surface area contributed by atoms with Crippen LogP contribution in [0.4, 0.5) is 5.69 Å². The van der Waals surface area contributed by atoms with Gasteiger partial charge in [0, 0.05) is 18.7 Å². The minimum atomic E-state index is -3.93. The number of fused-ring (bicyclic) bond motifs is 1. The van der Waals surface area contributed by atoms with Gasteiger partial charge in [0.1, 0.15) is 10.6 Å². The topological polar surface area (TPSA) is 63.7 Å². The molecule has 25 heavy (non-hydrogen) atoms. The summed E-state index contributed by atoms with van der Waals surface area (Å²) in [6.07, 6.45) is 0.627. The van der Waals surface area contributed by atoms with E-state index in [1.807, 2.05) is 26.8 Å². The van der Waals surface area contributed by atoms with Crippen LogP contribution in [0, 0.1) is 13.8 Å².